The molecular formula is C10H6ClO3. The first kappa shape index (κ1) is 9.09. The summed E-state index contributed by atoms with van der Waals surface area (Å²) in [5.74, 6) is -0.192. The molecule has 0 unspecified atom stereocenters. The first-order valence-electron chi connectivity index (χ1n) is 3.99. The Bertz CT molecular complexity index is 557. The summed E-state index contributed by atoms with van der Waals surface area (Å²) in [4.78, 5) is 11.2. The summed E-state index contributed by atoms with van der Waals surface area (Å²) >= 11 is 5.71. The van der Waals surface area contributed by atoms with Gasteiger partial charge in [0.05, 0.1) is 0 Å². The molecule has 0 saturated heterocycles. The van der Waals surface area contributed by atoms with Gasteiger partial charge in [-0.2, -0.15) is 0 Å². The number of rotatable bonds is 0. The number of aryl methyl sites for hydroxylation is 1. The van der Waals surface area contributed by atoms with E-state index in [4.69, 9.17) is 16.0 Å². The van der Waals surface area contributed by atoms with Crippen molar-refractivity contribution in [3.05, 3.63) is 39.2 Å². The van der Waals surface area contributed by atoms with Crippen molar-refractivity contribution in [2.24, 2.45) is 0 Å². The summed E-state index contributed by atoms with van der Waals surface area (Å²) in [6.45, 7) is 1.71. The molecule has 1 aromatic carbocycles. The number of hydrogen-bond donors (Lipinski definition) is 0. The van der Waals surface area contributed by atoms with Crippen LogP contribution in [0.25, 0.3) is 11.0 Å². The Hall–Kier alpha value is -1.48. The summed E-state index contributed by atoms with van der Waals surface area (Å²) in [5, 5.41) is 11.8. The molecule has 0 amide bonds. The van der Waals surface area contributed by atoms with E-state index < -0.39 is 5.63 Å². The summed E-state index contributed by atoms with van der Waals surface area (Å²) < 4.78 is 4.87. The molecule has 4 heteroatoms. The van der Waals surface area contributed by atoms with E-state index >= 15 is 0 Å². The molecule has 2 aromatic rings. The Labute approximate surface area is 84.5 Å². The molecule has 0 atom stereocenters. The molecule has 0 fully saturated rings. The first-order valence-corrected chi connectivity index (χ1v) is 4.37. The molecule has 0 aliphatic carbocycles. The van der Waals surface area contributed by atoms with E-state index in [1.165, 1.54) is 12.1 Å². The van der Waals surface area contributed by atoms with Crippen molar-refractivity contribution in [2.45, 2.75) is 6.92 Å². The zero-order valence-corrected chi connectivity index (χ0v) is 8.09. The van der Waals surface area contributed by atoms with Crippen molar-refractivity contribution < 1.29 is 9.52 Å². The van der Waals surface area contributed by atoms with Crippen LogP contribution in [0.5, 0.6) is 5.75 Å². The van der Waals surface area contributed by atoms with E-state index in [2.05, 4.69) is 0 Å². The molecule has 2 rings (SSSR count). The minimum atomic E-state index is -0.609. The molecule has 3 nitrogen and oxygen atoms in total. The van der Waals surface area contributed by atoms with Crippen LogP contribution in [0.3, 0.4) is 0 Å². The van der Waals surface area contributed by atoms with Crippen LogP contribution in [0.15, 0.2) is 27.4 Å². The quantitative estimate of drug-likeness (QED) is 0.627. The summed E-state index contributed by atoms with van der Waals surface area (Å²) in [7, 11) is 0. The van der Waals surface area contributed by atoms with E-state index in [1.54, 1.807) is 13.0 Å². The fraction of sp³-hybridized carbons (Fsp3) is 0.100. The van der Waals surface area contributed by atoms with Gasteiger partial charge in [-0.25, -0.2) is 4.79 Å². The Morgan fingerprint density at radius 3 is 2.79 bits per heavy atom. The molecule has 0 saturated carbocycles. The standard InChI is InChI=1S/C10H6ClO3/c1-5-7-3-2-6(12)4-8(7)14-10(13)9(5)11/h2-4H,1H3. The van der Waals surface area contributed by atoms with Crippen molar-refractivity contribution in [2.75, 3.05) is 0 Å². The monoisotopic (exact) mass is 209 g/mol. The third-order valence-corrected chi connectivity index (χ3v) is 2.51. The molecule has 1 heterocycles. The Kier molecular flexibility index (Phi) is 1.97. The van der Waals surface area contributed by atoms with Gasteiger partial charge >= 0.3 is 5.63 Å². The van der Waals surface area contributed by atoms with Crippen LogP contribution in [0.2, 0.25) is 5.02 Å². The lowest BCUT2D eigenvalue weighted by molar-refractivity contribution is 0.354. The molecule has 71 valence electrons. The molecular weight excluding hydrogens is 204 g/mol. The Balaban J connectivity index is 2.98. The molecule has 0 N–H and O–H groups in total. The molecule has 14 heavy (non-hydrogen) atoms. The predicted octanol–water partition coefficient (Wildman–Crippen LogP) is 2.90. The third kappa shape index (κ3) is 1.26. The van der Waals surface area contributed by atoms with E-state index in [0.29, 0.717) is 10.9 Å². The van der Waals surface area contributed by atoms with Crippen molar-refractivity contribution in [3.63, 3.8) is 0 Å². The van der Waals surface area contributed by atoms with Gasteiger partial charge in [-0.3, -0.25) is 5.11 Å². The van der Waals surface area contributed by atoms with Gasteiger partial charge in [0.15, 0.2) is 5.75 Å². The number of halogens is 1. The van der Waals surface area contributed by atoms with E-state index in [9.17, 15) is 9.90 Å². The van der Waals surface area contributed by atoms with Gasteiger partial charge < -0.3 is 4.42 Å². The average Bonchev–Trinajstić information content (AvgIpc) is 2.14. The van der Waals surface area contributed by atoms with E-state index in [-0.39, 0.29) is 16.4 Å². The van der Waals surface area contributed by atoms with Gasteiger partial charge in [-0.1, -0.05) is 11.6 Å². The van der Waals surface area contributed by atoms with E-state index in [1.807, 2.05) is 0 Å². The van der Waals surface area contributed by atoms with Crippen LogP contribution >= 0.6 is 11.6 Å². The lowest BCUT2D eigenvalue weighted by Gasteiger charge is -2.01. The molecule has 0 aliphatic rings. The van der Waals surface area contributed by atoms with Crippen LogP contribution in [0.1, 0.15) is 5.56 Å². The maximum atomic E-state index is 11.2. The zero-order valence-electron chi connectivity index (χ0n) is 7.33. The topological polar surface area (TPSA) is 50.1 Å². The van der Waals surface area contributed by atoms with Gasteiger partial charge in [-0.05, 0) is 24.6 Å². The first-order chi connectivity index (χ1) is 6.59. The third-order valence-electron chi connectivity index (χ3n) is 2.07. The molecule has 0 bridgehead atoms. The SMILES string of the molecule is Cc1c(Cl)c(=O)oc2cc([O])ccc12. The molecule has 0 aliphatic heterocycles. The van der Waals surface area contributed by atoms with Crippen molar-refractivity contribution in [1.29, 1.82) is 0 Å². The number of benzene rings is 1. The van der Waals surface area contributed by atoms with Crippen molar-refractivity contribution in [3.8, 4) is 5.75 Å². The minimum Gasteiger partial charge on any atom is -0.421 e. The largest absolute Gasteiger partial charge is 0.421 e. The smallest absolute Gasteiger partial charge is 0.355 e. The molecule has 0 spiro atoms. The van der Waals surface area contributed by atoms with Gasteiger partial charge in [0.25, 0.3) is 0 Å². The van der Waals surface area contributed by atoms with Gasteiger partial charge in [0, 0.05) is 11.5 Å². The van der Waals surface area contributed by atoms with Crippen molar-refractivity contribution >= 4 is 22.6 Å². The number of hydrogen-bond acceptors (Lipinski definition) is 2. The van der Waals surface area contributed by atoms with Crippen LogP contribution in [-0.2, 0) is 5.11 Å². The van der Waals surface area contributed by atoms with Crippen LogP contribution in [0.4, 0.5) is 0 Å². The number of fused-ring (bicyclic) bond motifs is 1. The summed E-state index contributed by atoms with van der Waals surface area (Å²) in [6.07, 6.45) is 0. The maximum Gasteiger partial charge on any atom is 0.355 e. The lowest BCUT2D eigenvalue weighted by Crippen LogP contribution is -2.01. The molecule has 1 aromatic heterocycles. The van der Waals surface area contributed by atoms with Crippen molar-refractivity contribution in [1.82, 2.24) is 0 Å². The second-order valence-electron chi connectivity index (χ2n) is 2.99. The highest BCUT2D eigenvalue weighted by Gasteiger charge is 2.09. The van der Waals surface area contributed by atoms with Gasteiger partial charge in [0.2, 0.25) is 0 Å². The highest BCUT2D eigenvalue weighted by molar-refractivity contribution is 6.31. The predicted molar refractivity (Wildman–Crippen MR) is 52.4 cm³/mol. The highest BCUT2D eigenvalue weighted by atomic mass is 35.5. The fourth-order valence-corrected chi connectivity index (χ4v) is 1.45. The van der Waals surface area contributed by atoms with Crippen LogP contribution in [-0.4, -0.2) is 0 Å². The summed E-state index contributed by atoms with van der Waals surface area (Å²) in [6, 6.07) is 4.29. The van der Waals surface area contributed by atoms with Gasteiger partial charge in [0.1, 0.15) is 10.6 Å². The maximum absolute atomic E-state index is 11.2. The minimum absolute atomic E-state index is 0.0659. The van der Waals surface area contributed by atoms with E-state index in [0.717, 1.165) is 0 Å². The Morgan fingerprint density at radius 1 is 1.36 bits per heavy atom. The van der Waals surface area contributed by atoms with Crippen LogP contribution < -0.4 is 5.63 Å². The van der Waals surface area contributed by atoms with Crippen LogP contribution in [0, 0.1) is 6.92 Å². The second kappa shape index (κ2) is 3.03. The summed E-state index contributed by atoms with van der Waals surface area (Å²) in [5.41, 5.74) is 0.310. The second-order valence-corrected chi connectivity index (χ2v) is 3.36. The lowest BCUT2D eigenvalue weighted by atomic mass is 10.1. The Morgan fingerprint density at radius 2 is 2.07 bits per heavy atom. The normalized spacial score (nSPS) is 10.7. The zero-order chi connectivity index (χ0) is 10.3. The average molecular weight is 210 g/mol. The molecule has 1 radical (unpaired) electrons. The fourth-order valence-electron chi connectivity index (χ4n) is 1.31. The van der Waals surface area contributed by atoms with Gasteiger partial charge in [-0.15, -0.1) is 0 Å². The highest BCUT2D eigenvalue weighted by Crippen LogP contribution is 2.25.